The molecule has 1 fully saturated rings. The third-order valence-corrected chi connectivity index (χ3v) is 7.95. The minimum absolute atomic E-state index is 0.0419. The van der Waals surface area contributed by atoms with E-state index in [1.165, 1.54) is 17.5 Å². The summed E-state index contributed by atoms with van der Waals surface area (Å²) in [7, 11) is -1.13. The van der Waals surface area contributed by atoms with E-state index in [9.17, 15) is 18.0 Å². The van der Waals surface area contributed by atoms with Crippen LogP contribution in [-0.4, -0.2) is 51.9 Å². The van der Waals surface area contributed by atoms with Crippen molar-refractivity contribution >= 4 is 33.2 Å². The molecule has 1 saturated heterocycles. The minimum Gasteiger partial charge on any atom is -0.496 e. The number of thiophene rings is 1. The van der Waals surface area contributed by atoms with Gasteiger partial charge in [-0.1, -0.05) is 18.2 Å². The third kappa shape index (κ3) is 4.66. The molecule has 1 aromatic heterocycles. The number of esters is 1. The van der Waals surface area contributed by atoms with Gasteiger partial charge in [0.15, 0.2) is 0 Å². The van der Waals surface area contributed by atoms with Crippen LogP contribution in [0.4, 0.5) is 0 Å². The van der Waals surface area contributed by atoms with Gasteiger partial charge in [0.25, 0.3) is 0 Å². The van der Waals surface area contributed by atoms with Crippen molar-refractivity contribution in [3.8, 4) is 5.75 Å². The Bertz CT molecular complexity index is 1020. The summed E-state index contributed by atoms with van der Waals surface area (Å²) in [6, 6.07) is 8.79. The number of rotatable bonds is 7. The van der Waals surface area contributed by atoms with Crippen molar-refractivity contribution in [2.45, 2.75) is 24.3 Å². The Hall–Kier alpha value is -2.43. The average molecular weight is 453 g/mol. The maximum Gasteiger partial charge on any atom is 0.349 e. The lowest BCUT2D eigenvalue weighted by molar-refractivity contribution is -0.126. The van der Waals surface area contributed by atoms with Crippen LogP contribution in [0.5, 0.6) is 5.75 Å². The highest BCUT2D eigenvalue weighted by atomic mass is 32.2. The summed E-state index contributed by atoms with van der Waals surface area (Å²) in [5.41, 5.74) is 0.842. The van der Waals surface area contributed by atoms with Gasteiger partial charge in [-0.3, -0.25) is 4.79 Å². The molecule has 1 aliphatic rings. The lowest BCUT2D eigenvalue weighted by atomic mass is 9.98. The van der Waals surface area contributed by atoms with Crippen LogP contribution in [0.25, 0.3) is 0 Å². The molecule has 0 radical (unpaired) electrons. The van der Waals surface area contributed by atoms with Crippen LogP contribution < -0.4 is 10.1 Å². The second-order valence-electron chi connectivity index (χ2n) is 6.84. The molecule has 1 unspecified atom stereocenters. The van der Waals surface area contributed by atoms with Crippen molar-refractivity contribution in [1.82, 2.24) is 9.62 Å². The number of carbonyl (C=O) groups excluding carboxylic acids is 2. The topological polar surface area (TPSA) is 102 Å². The van der Waals surface area contributed by atoms with E-state index in [1.54, 1.807) is 12.5 Å². The predicted octanol–water partition coefficient (Wildman–Crippen LogP) is 2.26. The van der Waals surface area contributed by atoms with E-state index in [1.807, 2.05) is 24.3 Å². The fraction of sp³-hybridized carbons (Fsp3) is 0.400. The second-order valence-corrected chi connectivity index (χ2v) is 9.66. The zero-order chi connectivity index (χ0) is 21.7. The molecular weight excluding hydrogens is 428 g/mol. The Morgan fingerprint density at radius 1 is 1.23 bits per heavy atom. The van der Waals surface area contributed by atoms with Gasteiger partial charge in [-0.15, -0.1) is 11.3 Å². The van der Waals surface area contributed by atoms with Gasteiger partial charge in [0.2, 0.25) is 15.9 Å². The van der Waals surface area contributed by atoms with Crippen LogP contribution in [0, 0.1) is 5.92 Å². The number of nitrogens with zero attached hydrogens (tertiary/aromatic N) is 1. The molecule has 0 bridgehead atoms. The van der Waals surface area contributed by atoms with Crippen LogP contribution in [0.2, 0.25) is 0 Å². The van der Waals surface area contributed by atoms with Gasteiger partial charge in [-0.2, -0.15) is 4.31 Å². The van der Waals surface area contributed by atoms with Crippen molar-refractivity contribution in [2.75, 3.05) is 27.3 Å². The van der Waals surface area contributed by atoms with Crippen LogP contribution in [-0.2, 0) is 26.1 Å². The molecule has 3 rings (SSSR count). The van der Waals surface area contributed by atoms with Gasteiger partial charge in [-0.25, -0.2) is 13.2 Å². The molecular formula is C20H24N2O6S2. The third-order valence-electron chi connectivity index (χ3n) is 5.02. The highest BCUT2D eigenvalue weighted by Gasteiger charge is 2.36. The minimum atomic E-state index is -3.91. The van der Waals surface area contributed by atoms with Crippen LogP contribution in [0.15, 0.2) is 40.6 Å². The Morgan fingerprint density at radius 3 is 2.73 bits per heavy atom. The fourth-order valence-electron chi connectivity index (χ4n) is 3.43. The van der Waals surface area contributed by atoms with Crippen molar-refractivity contribution in [2.24, 2.45) is 5.92 Å². The number of benzene rings is 1. The van der Waals surface area contributed by atoms with Gasteiger partial charge >= 0.3 is 5.97 Å². The first-order valence-electron chi connectivity index (χ1n) is 9.44. The number of hydrogen-bond donors (Lipinski definition) is 1. The van der Waals surface area contributed by atoms with Crippen LogP contribution in [0.1, 0.15) is 28.1 Å². The Kier molecular flexibility index (Phi) is 7.11. The van der Waals surface area contributed by atoms with Crippen molar-refractivity contribution in [1.29, 1.82) is 0 Å². The number of nitrogens with one attached hydrogen (secondary N) is 1. The van der Waals surface area contributed by atoms with Crippen LogP contribution in [0.3, 0.4) is 0 Å². The predicted molar refractivity (Wildman–Crippen MR) is 112 cm³/mol. The molecule has 2 aromatic rings. The smallest absolute Gasteiger partial charge is 0.349 e. The molecule has 30 heavy (non-hydrogen) atoms. The van der Waals surface area contributed by atoms with E-state index in [0.717, 1.165) is 16.9 Å². The number of piperidine rings is 1. The first-order valence-corrected chi connectivity index (χ1v) is 11.8. The molecule has 1 N–H and O–H groups in total. The maximum atomic E-state index is 13.1. The summed E-state index contributed by atoms with van der Waals surface area (Å²) in [5.74, 6) is -0.687. The van der Waals surface area contributed by atoms with Crippen LogP contribution >= 0.6 is 11.3 Å². The Balaban J connectivity index is 1.69. The van der Waals surface area contributed by atoms with E-state index < -0.39 is 21.9 Å². The molecule has 162 valence electrons. The van der Waals surface area contributed by atoms with Crippen molar-refractivity contribution in [3.05, 3.63) is 46.2 Å². The summed E-state index contributed by atoms with van der Waals surface area (Å²) < 4.78 is 37.4. The normalized spacial score (nSPS) is 17.3. The highest BCUT2D eigenvalue weighted by Crippen LogP contribution is 2.29. The zero-order valence-corrected chi connectivity index (χ0v) is 18.4. The summed E-state index contributed by atoms with van der Waals surface area (Å²) in [4.78, 5) is 24.6. The lowest BCUT2D eigenvalue weighted by Gasteiger charge is -2.31. The lowest BCUT2D eigenvalue weighted by Crippen LogP contribution is -2.45. The monoisotopic (exact) mass is 452 g/mol. The Morgan fingerprint density at radius 2 is 2.00 bits per heavy atom. The first kappa shape index (κ1) is 22.3. The van der Waals surface area contributed by atoms with Gasteiger partial charge < -0.3 is 14.8 Å². The zero-order valence-electron chi connectivity index (χ0n) is 16.8. The number of carbonyl (C=O) groups is 2. The standard InChI is InChI=1S/C20H24N2O6S2/c1-27-16-8-4-3-6-14(16)12-21-19(23)15-7-5-10-22(13-15)30(25,26)17-9-11-29-18(17)20(24)28-2/h3-4,6,8-9,11,15H,5,7,10,12-13H2,1-2H3,(H,21,23). The quantitative estimate of drug-likeness (QED) is 0.647. The summed E-state index contributed by atoms with van der Waals surface area (Å²) >= 11 is 1.02. The van der Waals surface area contributed by atoms with Crippen molar-refractivity contribution < 1.29 is 27.5 Å². The van der Waals surface area contributed by atoms with Crippen molar-refractivity contribution in [3.63, 3.8) is 0 Å². The molecule has 2 heterocycles. The largest absolute Gasteiger partial charge is 0.496 e. The van der Waals surface area contributed by atoms with E-state index in [-0.39, 0.29) is 22.2 Å². The molecule has 0 saturated carbocycles. The SMILES string of the molecule is COC(=O)c1sccc1S(=O)(=O)N1CCCC(C(=O)NCc2ccccc2OC)C1. The number of methoxy groups -OCH3 is 2. The highest BCUT2D eigenvalue weighted by molar-refractivity contribution is 7.89. The number of amides is 1. The summed E-state index contributed by atoms with van der Waals surface area (Å²) in [6.45, 7) is 0.661. The number of sulfonamides is 1. The maximum absolute atomic E-state index is 13.1. The molecule has 1 aromatic carbocycles. The summed E-state index contributed by atoms with van der Waals surface area (Å²) in [6.07, 6.45) is 1.15. The first-order chi connectivity index (χ1) is 14.4. The van der Waals surface area contributed by atoms with E-state index in [4.69, 9.17) is 4.74 Å². The molecule has 0 aliphatic carbocycles. The summed E-state index contributed by atoms with van der Waals surface area (Å²) in [5, 5.41) is 4.42. The van der Waals surface area contributed by atoms with E-state index in [0.29, 0.717) is 31.7 Å². The molecule has 1 atom stereocenters. The number of ether oxygens (including phenoxy) is 2. The molecule has 8 nitrogen and oxygen atoms in total. The number of para-hydroxylation sites is 1. The van der Waals surface area contributed by atoms with Gasteiger partial charge in [-0.05, 0) is 30.4 Å². The molecule has 10 heteroatoms. The van der Waals surface area contributed by atoms with E-state index in [2.05, 4.69) is 10.1 Å². The fourth-order valence-corrected chi connectivity index (χ4v) is 6.26. The number of hydrogen-bond acceptors (Lipinski definition) is 7. The molecule has 1 amide bonds. The van der Waals surface area contributed by atoms with Gasteiger partial charge in [0, 0.05) is 25.2 Å². The van der Waals surface area contributed by atoms with Gasteiger partial charge in [0.1, 0.15) is 15.5 Å². The molecule has 1 aliphatic heterocycles. The second kappa shape index (κ2) is 9.59. The molecule has 0 spiro atoms. The van der Waals surface area contributed by atoms with E-state index >= 15 is 0 Å². The van der Waals surface area contributed by atoms with Gasteiger partial charge in [0.05, 0.1) is 20.1 Å². The Labute approximate surface area is 179 Å². The average Bonchev–Trinajstić information content (AvgIpc) is 3.28.